The number of halogens is 1. The first kappa shape index (κ1) is 15.8. The standard InChI is InChI=1S/C17H25ClO2/c1-3-16(19)17(20)8-11(2)14-9-12-6-4-5-7-13(12)10-15(14)18/h9-11,16-17,19-20H,3-8H2,1-2H3. The van der Waals surface area contributed by atoms with E-state index in [1.165, 1.54) is 24.0 Å². The molecule has 2 N–H and O–H groups in total. The Kier molecular flexibility index (Phi) is 5.48. The molecule has 1 aliphatic rings. The summed E-state index contributed by atoms with van der Waals surface area (Å²) in [6.45, 7) is 3.95. The summed E-state index contributed by atoms with van der Waals surface area (Å²) in [5.74, 6) is 0.158. The summed E-state index contributed by atoms with van der Waals surface area (Å²) >= 11 is 6.41. The zero-order chi connectivity index (χ0) is 14.7. The van der Waals surface area contributed by atoms with Crippen molar-refractivity contribution in [1.82, 2.24) is 0 Å². The minimum Gasteiger partial charge on any atom is -0.390 e. The number of hydrogen-bond acceptors (Lipinski definition) is 2. The van der Waals surface area contributed by atoms with Crippen molar-refractivity contribution in [3.8, 4) is 0 Å². The van der Waals surface area contributed by atoms with Crippen LogP contribution in [0.1, 0.15) is 62.1 Å². The van der Waals surface area contributed by atoms with Crippen molar-refractivity contribution in [2.75, 3.05) is 0 Å². The molecule has 0 fully saturated rings. The molecule has 1 aromatic rings. The number of rotatable bonds is 5. The van der Waals surface area contributed by atoms with E-state index in [1.54, 1.807) is 0 Å². The van der Waals surface area contributed by atoms with Crippen LogP contribution in [0.3, 0.4) is 0 Å². The van der Waals surface area contributed by atoms with Gasteiger partial charge in [-0.1, -0.05) is 31.5 Å². The van der Waals surface area contributed by atoms with Crippen LogP contribution in [0.5, 0.6) is 0 Å². The summed E-state index contributed by atoms with van der Waals surface area (Å²) < 4.78 is 0. The van der Waals surface area contributed by atoms with Gasteiger partial charge in [0.15, 0.2) is 0 Å². The van der Waals surface area contributed by atoms with Crippen molar-refractivity contribution < 1.29 is 10.2 Å². The molecule has 20 heavy (non-hydrogen) atoms. The van der Waals surface area contributed by atoms with Crippen LogP contribution >= 0.6 is 11.6 Å². The molecule has 2 nitrogen and oxygen atoms in total. The average molecular weight is 297 g/mol. The van der Waals surface area contributed by atoms with E-state index in [0.29, 0.717) is 12.8 Å². The number of hydrogen-bond donors (Lipinski definition) is 2. The molecule has 1 aromatic carbocycles. The lowest BCUT2D eigenvalue weighted by molar-refractivity contribution is 0.00953. The van der Waals surface area contributed by atoms with Gasteiger partial charge in [0, 0.05) is 5.02 Å². The van der Waals surface area contributed by atoms with Crippen LogP contribution < -0.4 is 0 Å². The number of aliphatic hydroxyl groups excluding tert-OH is 2. The van der Waals surface area contributed by atoms with E-state index in [-0.39, 0.29) is 5.92 Å². The highest BCUT2D eigenvalue weighted by molar-refractivity contribution is 6.31. The minimum atomic E-state index is -0.679. The lowest BCUT2D eigenvalue weighted by Gasteiger charge is -2.24. The highest BCUT2D eigenvalue weighted by Crippen LogP contribution is 2.33. The molecule has 3 atom stereocenters. The maximum absolute atomic E-state index is 9.99. The van der Waals surface area contributed by atoms with Gasteiger partial charge in [0.1, 0.15) is 0 Å². The van der Waals surface area contributed by atoms with E-state index in [2.05, 4.69) is 19.1 Å². The van der Waals surface area contributed by atoms with E-state index in [4.69, 9.17) is 11.6 Å². The molecule has 3 heteroatoms. The third-order valence-corrected chi connectivity index (χ3v) is 4.78. The Morgan fingerprint density at radius 2 is 1.70 bits per heavy atom. The van der Waals surface area contributed by atoms with Crippen LogP contribution in [-0.2, 0) is 12.8 Å². The molecule has 0 saturated carbocycles. The van der Waals surface area contributed by atoms with Gasteiger partial charge >= 0.3 is 0 Å². The molecule has 0 saturated heterocycles. The molecular weight excluding hydrogens is 272 g/mol. The third kappa shape index (κ3) is 3.55. The summed E-state index contributed by atoms with van der Waals surface area (Å²) in [5.41, 5.74) is 3.90. The molecule has 0 radical (unpaired) electrons. The van der Waals surface area contributed by atoms with E-state index in [0.717, 1.165) is 23.4 Å². The van der Waals surface area contributed by atoms with Crippen molar-refractivity contribution in [3.05, 3.63) is 33.8 Å². The Hall–Kier alpha value is -0.570. The fraction of sp³-hybridized carbons (Fsp3) is 0.647. The zero-order valence-electron chi connectivity index (χ0n) is 12.4. The summed E-state index contributed by atoms with van der Waals surface area (Å²) in [5, 5.41) is 20.5. The molecule has 0 aliphatic heterocycles. The van der Waals surface area contributed by atoms with Crippen molar-refractivity contribution >= 4 is 11.6 Å². The summed E-state index contributed by atoms with van der Waals surface area (Å²) in [4.78, 5) is 0. The van der Waals surface area contributed by atoms with Gasteiger partial charge in [-0.25, -0.2) is 0 Å². The van der Waals surface area contributed by atoms with Gasteiger partial charge < -0.3 is 10.2 Å². The van der Waals surface area contributed by atoms with Crippen LogP contribution in [0, 0.1) is 0 Å². The van der Waals surface area contributed by atoms with Gasteiger partial charge in [0.25, 0.3) is 0 Å². The van der Waals surface area contributed by atoms with Crippen molar-refractivity contribution in [2.24, 2.45) is 0 Å². The maximum atomic E-state index is 9.99. The number of aryl methyl sites for hydroxylation is 2. The number of fused-ring (bicyclic) bond motifs is 1. The van der Waals surface area contributed by atoms with Crippen molar-refractivity contribution in [2.45, 2.75) is 70.5 Å². The molecular formula is C17H25ClO2. The molecule has 112 valence electrons. The fourth-order valence-corrected chi connectivity index (χ4v) is 3.44. The van der Waals surface area contributed by atoms with E-state index < -0.39 is 12.2 Å². The van der Waals surface area contributed by atoms with Crippen molar-refractivity contribution in [3.63, 3.8) is 0 Å². The molecule has 0 aromatic heterocycles. The first-order valence-corrected chi connectivity index (χ1v) is 8.08. The minimum absolute atomic E-state index is 0.158. The van der Waals surface area contributed by atoms with Gasteiger partial charge in [-0.3, -0.25) is 0 Å². The third-order valence-electron chi connectivity index (χ3n) is 4.45. The molecule has 0 spiro atoms. The quantitative estimate of drug-likeness (QED) is 0.866. The van der Waals surface area contributed by atoms with Gasteiger partial charge in [0.05, 0.1) is 12.2 Å². The Bertz CT molecular complexity index is 459. The molecule has 2 rings (SSSR count). The van der Waals surface area contributed by atoms with Gasteiger partial charge in [0.2, 0.25) is 0 Å². The fourth-order valence-electron chi connectivity index (χ4n) is 3.07. The Balaban J connectivity index is 2.15. The van der Waals surface area contributed by atoms with Crippen molar-refractivity contribution in [1.29, 1.82) is 0 Å². The van der Waals surface area contributed by atoms with E-state index >= 15 is 0 Å². The van der Waals surface area contributed by atoms with Crippen LogP contribution in [0.25, 0.3) is 0 Å². The Morgan fingerprint density at radius 3 is 2.30 bits per heavy atom. The lowest BCUT2D eigenvalue weighted by Crippen LogP contribution is -2.26. The second-order valence-electron chi connectivity index (χ2n) is 6.03. The molecule has 1 aliphatic carbocycles. The van der Waals surface area contributed by atoms with Crippen LogP contribution in [0.4, 0.5) is 0 Å². The summed E-state index contributed by atoms with van der Waals surface area (Å²) in [6.07, 6.45) is 4.56. The Morgan fingerprint density at radius 1 is 1.10 bits per heavy atom. The number of aliphatic hydroxyl groups is 2. The molecule has 0 heterocycles. The predicted molar refractivity (Wildman–Crippen MR) is 83.4 cm³/mol. The average Bonchev–Trinajstić information content (AvgIpc) is 2.45. The topological polar surface area (TPSA) is 40.5 Å². The lowest BCUT2D eigenvalue weighted by atomic mass is 9.86. The SMILES string of the molecule is CCC(O)C(O)CC(C)c1cc2c(cc1Cl)CCCC2. The molecule has 0 amide bonds. The van der Waals surface area contributed by atoms with Gasteiger partial charge in [-0.05, 0) is 67.2 Å². The van der Waals surface area contributed by atoms with E-state index in [1.807, 2.05) is 6.92 Å². The van der Waals surface area contributed by atoms with Crippen LogP contribution in [0.15, 0.2) is 12.1 Å². The van der Waals surface area contributed by atoms with E-state index in [9.17, 15) is 10.2 Å². The second-order valence-corrected chi connectivity index (χ2v) is 6.44. The first-order valence-electron chi connectivity index (χ1n) is 7.70. The molecule has 3 unspecified atom stereocenters. The van der Waals surface area contributed by atoms with Crippen LogP contribution in [-0.4, -0.2) is 22.4 Å². The maximum Gasteiger partial charge on any atom is 0.0804 e. The highest BCUT2D eigenvalue weighted by Gasteiger charge is 2.21. The Labute approximate surface area is 126 Å². The van der Waals surface area contributed by atoms with Gasteiger partial charge in [-0.2, -0.15) is 0 Å². The molecule has 0 bridgehead atoms. The summed E-state index contributed by atoms with van der Waals surface area (Å²) in [7, 11) is 0. The largest absolute Gasteiger partial charge is 0.390 e. The first-order chi connectivity index (χ1) is 9.52. The van der Waals surface area contributed by atoms with Crippen LogP contribution in [0.2, 0.25) is 5.02 Å². The smallest absolute Gasteiger partial charge is 0.0804 e. The summed E-state index contributed by atoms with van der Waals surface area (Å²) in [6, 6.07) is 4.32. The monoisotopic (exact) mass is 296 g/mol. The number of benzene rings is 1. The zero-order valence-corrected chi connectivity index (χ0v) is 13.2. The second kappa shape index (κ2) is 6.93. The highest BCUT2D eigenvalue weighted by atomic mass is 35.5. The van der Waals surface area contributed by atoms with Gasteiger partial charge in [-0.15, -0.1) is 0 Å². The predicted octanol–water partition coefficient (Wildman–Crippen LogP) is 3.84. The normalized spacial score (nSPS) is 19.2.